The van der Waals surface area contributed by atoms with E-state index in [-0.39, 0.29) is 12.5 Å². The van der Waals surface area contributed by atoms with Crippen LogP contribution in [0.25, 0.3) is 6.08 Å². The van der Waals surface area contributed by atoms with Crippen LogP contribution in [0.15, 0.2) is 22.0 Å². The summed E-state index contributed by atoms with van der Waals surface area (Å²) in [7, 11) is 0. The second-order valence-electron chi connectivity index (χ2n) is 4.61. The van der Waals surface area contributed by atoms with Crippen molar-refractivity contribution in [1.29, 1.82) is 0 Å². The molecule has 0 spiro atoms. The number of hydrogen-bond acceptors (Lipinski definition) is 3. The molecule has 0 unspecified atom stereocenters. The first-order chi connectivity index (χ1) is 8.63. The number of halogens is 1. The average molecular weight is 330 g/mol. The van der Waals surface area contributed by atoms with E-state index in [9.17, 15) is 9.90 Å². The molecule has 98 valence electrons. The molecule has 1 saturated carbocycles. The second kappa shape index (κ2) is 5.99. The molecule has 1 aromatic rings. The zero-order valence-corrected chi connectivity index (χ0v) is 12.4. The molecule has 3 nitrogen and oxygen atoms in total. The van der Waals surface area contributed by atoms with Gasteiger partial charge in [0.05, 0.1) is 15.9 Å². The Morgan fingerprint density at radius 3 is 2.78 bits per heavy atom. The number of carbonyl (C=O) groups excluding carboxylic acids is 1. The molecule has 1 aliphatic rings. The Morgan fingerprint density at radius 1 is 1.50 bits per heavy atom. The molecular formula is C13H16BrNO2S. The van der Waals surface area contributed by atoms with Gasteiger partial charge in [-0.05, 0) is 47.0 Å². The van der Waals surface area contributed by atoms with Crippen molar-refractivity contribution in [2.24, 2.45) is 0 Å². The number of rotatable bonds is 4. The number of nitrogens with one attached hydrogen (secondary N) is 1. The molecule has 0 bridgehead atoms. The maximum absolute atomic E-state index is 11.8. The predicted molar refractivity (Wildman–Crippen MR) is 77.5 cm³/mol. The van der Waals surface area contributed by atoms with Crippen molar-refractivity contribution in [3.05, 3.63) is 26.9 Å². The summed E-state index contributed by atoms with van der Waals surface area (Å²) >= 11 is 4.96. The van der Waals surface area contributed by atoms with E-state index in [4.69, 9.17) is 0 Å². The molecule has 0 atom stereocenters. The number of aliphatic hydroxyl groups excluding tert-OH is 1. The quantitative estimate of drug-likeness (QED) is 0.834. The molecule has 2 rings (SSSR count). The van der Waals surface area contributed by atoms with Crippen LogP contribution < -0.4 is 5.32 Å². The lowest BCUT2D eigenvalue weighted by Crippen LogP contribution is -2.48. The molecule has 5 heteroatoms. The third kappa shape index (κ3) is 3.43. The van der Waals surface area contributed by atoms with E-state index in [0.717, 1.165) is 34.3 Å². The van der Waals surface area contributed by atoms with E-state index >= 15 is 0 Å². The van der Waals surface area contributed by atoms with Crippen molar-refractivity contribution >= 4 is 39.2 Å². The van der Waals surface area contributed by atoms with E-state index < -0.39 is 5.54 Å². The molecule has 1 aromatic heterocycles. The Labute approximate surface area is 119 Å². The minimum atomic E-state index is -0.391. The standard InChI is InChI=1S/C13H16BrNO2S/c14-11-5-3-10(18-11)4-6-12(17)15-13(9-16)7-1-2-8-13/h3-6,16H,1-2,7-9H2,(H,15,17). The van der Waals surface area contributed by atoms with Crippen LogP contribution in [0.5, 0.6) is 0 Å². The maximum Gasteiger partial charge on any atom is 0.244 e. The molecule has 1 fully saturated rings. The first kappa shape index (κ1) is 13.8. The molecule has 1 heterocycles. The van der Waals surface area contributed by atoms with Crippen LogP contribution in [0.2, 0.25) is 0 Å². The Hall–Kier alpha value is -0.650. The molecule has 18 heavy (non-hydrogen) atoms. The lowest BCUT2D eigenvalue weighted by atomic mass is 9.99. The van der Waals surface area contributed by atoms with Gasteiger partial charge in [-0.2, -0.15) is 0 Å². The van der Waals surface area contributed by atoms with Gasteiger partial charge in [-0.3, -0.25) is 4.79 Å². The van der Waals surface area contributed by atoms with Crippen molar-refractivity contribution in [1.82, 2.24) is 5.32 Å². The number of hydrogen-bond donors (Lipinski definition) is 2. The summed E-state index contributed by atoms with van der Waals surface area (Å²) in [6.07, 6.45) is 7.21. The summed E-state index contributed by atoms with van der Waals surface area (Å²) in [5, 5.41) is 12.3. The van der Waals surface area contributed by atoms with Gasteiger partial charge in [0.25, 0.3) is 0 Å². The van der Waals surface area contributed by atoms with Crippen LogP contribution in [0, 0.1) is 0 Å². The van der Waals surface area contributed by atoms with E-state index in [1.165, 1.54) is 6.08 Å². The van der Waals surface area contributed by atoms with Crippen LogP contribution in [0.4, 0.5) is 0 Å². The Kier molecular flexibility index (Phi) is 4.59. The summed E-state index contributed by atoms with van der Waals surface area (Å²) in [4.78, 5) is 12.9. The fraction of sp³-hybridized carbons (Fsp3) is 0.462. The SMILES string of the molecule is O=C(C=Cc1ccc(Br)s1)NC1(CO)CCCC1. The minimum absolute atomic E-state index is 0.0249. The topological polar surface area (TPSA) is 49.3 Å². The van der Waals surface area contributed by atoms with Crippen LogP contribution >= 0.6 is 27.3 Å². The molecule has 0 aliphatic heterocycles. The van der Waals surface area contributed by atoms with Crippen LogP contribution in [0.1, 0.15) is 30.6 Å². The first-order valence-electron chi connectivity index (χ1n) is 6.00. The molecule has 0 radical (unpaired) electrons. The summed E-state index contributed by atoms with van der Waals surface area (Å²) in [5.74, 6) is -0.129. The van der Waals surface area contributed by atoms with Gasteiger partial charge in [-0.1, -0.05) is 12.8 Å². The monoisotopic (exact) mass is 329 g/mol. The first-order valence-corrected chi connectivity index (χ1v) is 7.61. The molecular weight excluding hydrogens is 314 g/mol. The predicted octanol–water partition coefficient (Wildman–Crippen LogP) is 2.95. The fourth-order valence-electron chi connectivity index (χ4n) is 2.25. The highest BCUT2D eigenvalue weighted by atomic mass is 79.9. The van der Waals surface area contributed by atoms with Gasteiger partial charge in [0.1, 0.15) is 0 Å². The van der Waals surface area contributed by atoms with Crippen LogP contribution in [-0.4, -0.2) is 23.2 Å². The van der Waals surface area contributed by atoms with Gasteiger partial charge in [0, 0.05) is 11.0 Å². The molecule has 0 aromatic carbocycles. The zero-order valence-electron chi connectivity index (χ0n) is 9.99. The summed E-state index contributed by atoms with van der Waals surface area (Å²) < 4.78 is 1.05. The van der Waals surface area contributed by atoms with Gasteiger partial charge in [-0.15, -0.1) is 11.3 Å². The third-order valence-electron chi connectivity index (χ3n) is 3.24. The molecule has 0 saturated heterocycles. The Balaban J connectivity index is 1.94. The molecule has 2 N–H and O–H groups in total. The van der Waals surface area contributed by atoms with Crippen molar-refractivity contribution < 1.29 is 9.90 Å². The normalized spacial score (nSPS) is 18.3. The van der Waals surface area contributed by atoms with Crippen LogP contribution in [0.3, 0.4) is 0 Å². The van der Waals surface area contributed by atoms with Gasteiger partial charge < -0.3 is 10.4 Å². The lowest BCUT2D eigenvalue weighted by molar-refractivity contribution is -0.118. The Morgan fingerprint density at radius 2 is 2.22 bits per heavy atom. The highest BCUT2D eigenvalue weighted by Gasteiger charge is 2.33. The highest BCUT2D eigenvalue weighted by Crippen LogP contribution is 2.29. The lowest BCUT2D eigenvalue weighted by Gasteiger charge is -2.27. The number of amides is 1. The number of thiophene rings is 1. The summed E-state index contributed by atoms with van der Waals surface area (Å²) in [6, 6.07) is 3.91. The largest absolute Gasteiger partial charge is 0.394 e. The third-order valence-corrected chi connectivity index (χ3v) is 4.83. The van der Waals surface area contributed by atoms with E-state index in [1.54, 1.807) is 17.4 Å². The van der Waals surface area contributed by atoms with E-state index in [0.29, 0.717) is 0 Å². The maximum atomic E-state index is 11.8. The van der Waals surface area contributed by atoms with Crippen molar-refractivity contribution in [3.63, 3.8) is 0 Å². The van der Waals surface area contributed by atoms with Gasteiger partial charge in [0.2, 0.25) is 5.91 Å². The molecule has 1 aliphatic carbocycles. The average Bonchev–Trinajstić information content (AvgIpc) is 2.97. The Bertz CT molecular complexity index is 450. The summed E-state index contributed by atoms with van der Waals surface area (Å²) in [6.45, 7) is 0.0249. The van der Waals surface area contributed by atoms with Crippen molar-refractivity contribution in [2.45, 2.75) is 31.2 Å². The van der Waals surface area contributed by atoms with Gasteiger partial charge in [0.15, 0.2) is 0 Å². The van der Waals surface area contributed by atoms with Gasteiger partial charge >= 0.3 is 0 Å². The van der Waals surface area contributed by atoms with E-state index in [1.807, 2.05) is 12.1 Å². The van der Waals surface area contributed by atoms with Gasteiger partial charge in [-0.25, -0.2) is 0 Å². The number of carbonyl (C=O) groups is 1. The van der Waals surface area contributed by atoms with Crippen LogP contribution in [-0.2, 0) is 4.79 Å². The van der Waals surface area contributed by atoms with Crippen molar-refractivity contribution in [3.8, 4) is 0 Å². The zero-order chi connectivity index (χ0) is 13.0. The number of aliphatic hydroxyl groups is 1. The molecule has 1 amide bonds. The minimum Gasteiger partial charge on any atom is -0.394 e. The van der Waals surface area contributed by atoms with Crippen molar-refractivity contribution in [2.75, 3.05) is 6.61 Å². The van der Waals surface area contributed by atoms with E-state index in [2.05, 4.69) is 21.2 Å². The smallest absolute Gasteiger partial charge is 0.244 e. The highest BCUT2D eigenvalue weighted by molar-refractivity contribution is 9.11. The second-order valence-corrected chi connectivity index (χ2v) is 7.10. The fourth-order valence-corrected chi connectivity index (χ4v) is 3.58. The summed E-state index contributed by atoms with van der Waals surface area (Å²) in [5.41, 5.74) is -0.391.